The fourth-order valence-electron chi connectivity index (χ4n) is 3.26. The second kappa shape index (κ2) is 9.77. The van der Waals surface area contributed by atoms with Crippen molar-refractivity contribution in [1.29, 1.82) is 0 Å². The third-order valence-corrected chi connectivity index (χ3v) is 9.72. The number of fused-ring (bicyclic) bond motifs is 1. The van der Waals surface area contributed by atoms with Gasteiger partial charge >= 0.3 is 5.97 Å². The van der Waals surface area contributed by atoms with Crippen molar-refractivity contribution >= 4 is 63.4 Å². The minimum Gasteiger partial charge on any atom is -0.477 e. The number of thiophene rings is 1. The number of hydrogen-bond donors (Lipinski definition) is 2. The molecule has 0 bridgehead atoms. The lowest BCUT2D eigenvalue weighted by atomic mass is 10.0. The molecule has 170 valence electrons. The van der Waals surface area contributed by atoms with Gasteiger partial charge in [-0.2, -0.15) is 0 Å². The molecule has 1 fully saturated rings. The number of β-lactam (4-membered cyclic amide) rings is 1. The summed E-state index contributed by atoms with van der Waals surface area (Å²) in [6.45, 7) is 2.63. The molecule has 0 spiro atoms. The van der Waals surface area contributed by atoms with E-state index in [-0.39, 0.29) is 11.4 Å². The van der Waals surface area contributed by atoms with Gasteiger partial charge in [-0.25, -0.2) is 4.79 Å². The van der Waals surface area contributed by atoms with Gasteiger partial charge in [-0.05, 0) is 23.9 Å². The fourth-order valence-corrected chi connectivity index (χ4v) is 7.50. The molecule has 2 aromatic heterocycles. The molecule has 2 aromatic rings. The number of hydrogen-bond acceptors (Lipinski definition) is 9. The van der Waals surface area contributed by atoms with Crippen LogP contribution in [-0.2, 0) is 31.7 Å². The lowest BCUT2D eigenvalue weighted by Gasteiger charge is -2.49. The average Bonchev–Trinajstić information content (AvgIpc) is 3.47. The average molecular weight is 514 g/mol. The van der Waals surface area contributed by atoms with Gasteiger partial charge in [0.15, 0.2) is 0 Å². The molecule has 1 saturated heterocycles. The van der Waals surface area contributed by atoms with Crippen LogP contribution in [0.2, 0.25) is 0 Å². The Bertz CT molecular complexity index is 1100. The molecule has 0 saturated carbocycles. The number of carboxylic acid groups (broad SMARTS) is 1. The van der Waals surface area contributed by atoms with Crippen LogP contribution in [0.5, 0.6) is 0 Å². The summed E-state index contributed by atoms with van der Waals surface area (Å²) in [6, 6.07) is 2.61. The van der Waals surface area contributed by atoms with Gasteiger partial charge in [-0.15, -0.1) is 28.2 Å². The number of carbonyl (C=O) groups is 3. The van der Waals surface area contributed by atoms with E-state index < -0.39 is 40.0 Å². The maximum atomic E-state index is 12.7. The largest absolute Gasteiger partial charge is 0.477 e. The Morgan fingerprint density at radius 1 is 1.44 bits per heavy atom. The monoisotopic (exact) mass is 513 g/mol. The Morgan fingerprint density at radius 2 is 2.25 bits per heavy atom. The van der Waals surface area contributed by atoms with E-state index in [0.717, 1.165) is 0 Å². The molecule has 10 nitrogen and oxygen atoms in total. The van der Waals surface area contributed by atoms with Gasteiger partial charge in [0.05, 0.1) is 21.2 Å². The SMILES string of the molecule is CCn1cc(SCC2=C(C(=O)O)N3C(=O)C(NC(=O)CS(=O)c4cccs4)C3SC2)nn1. The highest BCUT2D eigenvalue weighted by atomic mass is 32.2. The maximum Gasteiger partial charge on any atom is 0.352 e. The summed E-state index contributed by atoms with van der Waals surface area (Å²) in [5.74, 6) is -1.63. The molecular weight excluding hydrogens is 494 g/mol. The number of thioether (sulfide) groups is 2. The van der Waals surface area contributed by atoms with Gasteiger partial charge in [0, 0.05) is 18.1 Å². The second-order valence-electron chi connectivity index (χ2n) is 6.84. The van der Waals surface area contributed by atoms with Crippen molar-refractivity contribution in [2.45, 2.75) is 34.1 Å². The van der Waals surface area contributed by atoms with Gasteiger partial charge < -0.3 is 10.4 Å². The summed E-state index contributed by atoms with van der Waals surface area (Å²) < 4.78 is 14.5. The first kappa shape index (κ1) is 23.0. The molecule has 32 heavy (non-hydrogen) atoms. The fraction of sp³-hybridized carbons (Fsp3) is 0.389. The third kappa shape index (κ3) is 4.63. The molecule has 3 atom stereocenters. The van der Waals surface area contributed by atoms with E-state index in [2.05, 4.69) is 15.6 Å². The number of aliphatic carboxylic acids is 1. The molecule has 3 unspecified atom stereocenters. The first-order valence-electron chi connectivity index (χ1n) is 9.53. The summed E-state index contributed by atoms with van der Waals surface area (Å²) in [7, 11) is -1.48. The summed E-state index contributed by atoms with van der Waals surface area (Å²) in [4.78, 5) is 38.2. The molecule has 4 heterocycles. The number of rotatable bonds is 9. The third-order valence-electron chi connectivity index (χ3n) is 4.78. The predicted molar refractivity (Wildman–Crippen MR) is 122 cm³/mol. The quantitative estimate of drug-likeness (QED) is 0.372. The summed E-state index contributed by atoms with van der Waals surface area (Å²) in [5.41, 5.74) is 0.577. The van der Waals surface area contributed by atoms with Crippen LogP contribution in [0.15, 0.2) is 44.2 Å². The number of nitrogens with one attached hydrogen (secondary N) is 1. The molecular formula is C18H19N5O5S4. The number of nitrogens with zero attached hydrogens (tertiary/aromatic N) is 4. The number of carboxylic acids is 1. The van der Waals surface area contributed by atoms with Crippen LogP contribution >= 0.6 is 34.9 Å². The topological polar surface area (TPSA) is 134 Å². The Labute approximate surface area is 198 Å². The molecule has 0 aromatic carbocycles. The molecule has 4 rings (SSSR count). The van der Waals surface area contributed by atoms with Crippen molar-refractivity contribution in [3.05, 3.63) is 35.0 Å². The van der Waals surface area contributed by atoms with Crippen molar-refractivity contribution in [1.82, 2.24) is 25.2 Å². The highest BCUT2D eigenvalue weighted by Crippen LogP contribution is 2.41. The normalized spacial score (nSPS) is 21.2. The van der Waals surface area contributed by atoms with Gasteiger partial charge in [-0.3, -0.25) is 23.4 Å². The maximum absolute atomic E-state index is 12.7. The number of aromatic nitrogens is 3. The van der Waals surface area contributed by atoms with Gasteiger partial charge in [0.25, 0.3) is 5.91 Å². The van der Waals surface area contributed by atoms with E-state index in [9.17, 15) is 23.7 Å². The Morgan fingerprint density at radius 3 is 2.91 bits per heavy atom. The Kier molecular flexibility index (Phi) is 7.02. The van der Waals surface area contributed by atoms with Gasteiger partial charge in [0.2, 0.25) is 5.91 Å². The van der Waals surface area contributed by atoms with Crippen molar-refractivity contribution in [2.75, 3.05) is 17.3 Å². The number of amides is 2. The standard InChI is InChI=1S/C18H19N5O5S4/c1-2-22-6-12(20-21-22)30-7-10-8-31-17-14(16(25)23(17)15(10)18(26)27)19-11(24)9-32(28)13-4-3-5-29-13/h3-6,14,17H,2,7-9H2,1H3,(H,19,24)(H,26,27). The van der Waals surface area contributed by atoms with Crippen LogP contribution in [0.3, 0.4) is 0 Å². The van der Waals surface area contributed by atoms with Crippen molar-refractivity contribution in [2.24, 2.45) is 0 Å². The molecule has 0 aliphatic carbocycles. The highest BCUT2D eigenvalue weighted by molar-refractivity contribution is 8.01. The molecule has 2 aliphatic rings. The van der Waals surface area contributed by atoms with E-state index in [0.29, 0.717) is 32.9 Å². The van der Waals surface area contributed by atoms with Crippen molar-refractivity contribution in [3.8, 4) is 0 Å². The molecule has 2 N–H and O–H groups in total. The second-order valence-corrected chi connectivity index (χ2v) is 11.6. The van der Waals surface area contributed by atoms with Crippen LogP contribution in [-0.4, -0.2) is 75.7 Å². The van der Waals surface area contributed by atoms with E-state index in [1.165, 1.54) is 39.8 Å². The predicted octanol–water partition coefficient (Wildman–Crippen LogP) is 0.998. The summed E-state index contributed by atoms with van der Waals surface area (Å²) >= 11 is 4.06. The minimum atomic E-state index is -1.48. The van der Waals surface area contributed by atoms with Crippen LogP contribution in [0, 0.1) is 0 Å². The summed E-state index contributed by atoms with van der Waals surface area (Å²) in [5, 5.41) is 22.3. The van der Waals surface area contributed by atoms with Gasteiger partial charge in [-0.1, -0.05) is 23.0 Å². The number of carbonyl (C=O) groups excluding carboxylic acids is 2. The Hall–Kier alpha value is -2.16. The van der Waals surface area contributed by atoms with Crippen LogP contribution in [0.1, 0.15) is 6.92 Å². The van der Waals surface area contributed by atoms with Crippen LogP contribution in [0.4, 0.5) is 0 Å². The van der Waals surface area contributed by atoms with E-state index >= 15 is 0 Å². The van der Waals surface area contributed by atoms with E-state index in [1.807, 2.05) is 6.92 Å². The van der Waals surface area contributed by atoms with Gasteiger partial charge in [0.1, 0.15) is 27.9 Å². The molecule has 2 amide bonds. The Balaban J connectivity index is 1.40. The lowest BCUT2D eigenvalue weighted by molar-refractivity contribution is -0.150. The van der Waals surface area contributed by atoms with E-state index in [4.69, 9.17) is 0 Å². The zero-order valence-corrected chi connectivity index (χ0v) is 20.1. The molecule has 0 radical (unpaired) electrons. The first-order valence-corrected chi connectivity index (χ1v) is 13.8. The van der Waals surface area contributed by atoms with Crippen LogP contribution in [0.25, 0.3) is 0 Å². The molecule has 14 heteroatoms. The van der Waals surface area contributed by atoms with E-state index in [1.54, 1.807) is 28.4 Å². The minimum absolute atomic E-state index is 0.0400. The summed E-state index contributed by atoms with van der Waals surface area (Å²) in [6.07, 6.45) is 1.78. The smallest absolute Gasteiger partial charge is 0.352 e. The lowest BCUT2D eigenvalue weighted by Crippen LogP contribution is -2.70. The number of aryl methyl sites for hydroxylation is 1. The zero-order valence-electron chi connectivity index (χ0n) is 16.8. The van der Waals surface area contributed by atoms with Crippen LogP contribution < -0.4 is 5.32 Å². The zero-order chi connectivity index (χ0) is 22.8. The van der Waals surface area contributed by atoms with Crippen molar-refractivity contribution < 1.29 is 23.7 Å². The highest BCUT2D eigenvalue weighted by Gasteiger charge is 2.54. The van der Waals surface area contributed by atoms with Crippen molar-refractivity contribution in [3.63, 3.8) is 0 Å². The first-order chi connectivity index (χ1) is 15.4. The molecule has 2 aliphatic heterocycles.